The summed E-state index contributed by atoms with van der Waals surface area (Å²) in [5.74, 6) is -1.19. The van der Waals surface area contributed by atoms with E-state index in [0.717, 1.165) is 0 Å². The van der Waals surface area contributed by atoms with Gasteiger partial charge in [-0.15, -0.1) is 0 Å². The molecule has 9 heteroatoms. The smallest absolute Gasteiger partial charge is 0.408 e. The summed E-state index contributed by atoms with van der Waals surface area (Å²) < 4.78 is 29.5. The Labute approximate surface area is 145 Å². The minimum atomic E-state index is -3.68. The van der Waals surface area contributed by atoms with Gasteiger partial charge in [0.05, 0.1) is 9.80 Å². The van der Waals surface area contributed by atoms with Crippen molar-refractivity contribution in [1.82, 2.24) is 5.32 Å². The first-order valence-electron chi connectivity index (χ1n) is 7.77. The summed E-state index contributed by atoms with van der Waals surface area (Å²) >= 11 is 0. The van der Waals surface area contributed by atoms with Gasteiger partial charge in [-0.25, -0.2) is 18.0 Å². The van der Waals surface area contributed by atoms with Crippen LogP contribution in [0, 0.1) is 0 Å². The molecule has 0 unspecified atom stereocenters. The summed E-state index contributed by atoms with van der Waals surface area (Å²) in [4.78, 5) is 23.0. The monoisotopic (exact) mass is 368 g/mol. The van der Waals surface area contributed by atoms with Gasteiger partial charge < -0.3 is 20.9 Å². The van der Waals surface area contributed by atoms with Gasteiger partial charge >= 0.3 is 12.1 Å². The molecule has 8 nitrogen and oxygen atoms in total. The van der Waals surface area contributed by atoms with E-state index in [2.05, 4.69) is 5.32 Å². The number of amides is 1. The summed E-state index contributed by atoms with van der Waals surface area (Å²) in [6, 6.07) is 5.34. The number of unbranched alkanes of at least 4 members (excludes halogenated alkanes) is 1. The van der Waals surface area contributed by atoms with E-state index < -0.39 is 34.5 Å². The molecule has 1 amide bonds. The highest BCUT2D eigenvalue weighted by atomic mass is 32.2. The molecule has 1 atom stereocenters. The number of carboxylic acids is 1. The van der Waals surface area contributed by atoms with Crippen molar-refractivity contribution in [3.05, 3.63) is 34.7 Å². The summed E-state index contributed by atoms with van der Waals surface area (Å²) in [7, 11) is -3.68. The van der Waals surface area contributed by atoms with Crippen LogP contribution < -0.4 is 11.1 Å². The second-order valence-electron chi connectivity index (χ2n) is 5.55. The maximum Gasteiger partial charge on any atom is 0.408 e. The Hall–Kier alpha value is -2.39. The Morgan fingerprint density at radius 1 is 1.24 bits per heavy atom. The Morgan fingerprint density at radius 2 is 1.96 bits per heavy atom. The highest BCUT2D eigenvalue weighted by Crippen LogP contribution is 2.32. The molecule has 1 aromatic rings. The number of ether oxygens (including phenoxy) is 1. The first-order valence-corrected chi connectivity index (χ1v) is 9.25. The number of carbonyl (C=O) groups excluding carboxylic acids is 1. The van der Waals surface area contributed by atoms with Crippen LogP contribution in [-0.4, -0.2) is 44.8 Å². The van der Waals surface area contributed by atoms with Gasteiger partial charge in [0.25, 0.3) is 0 Å². The lowest BCUT2D eigenvalue weighted by molar-refractivity contribution is -0.139. The highest BCUT2D eigenvalue weighted by molar-refractivity contribution is 7.95. The number of hydrogen-bond acceptors (Lipinski definition) is 6. The van der Waals surface area contributed by atoms with Crippen molar-refractivity contribution < 1.29 is 27.9 Å². The molecule has 0 saturated carbocycles. The van der Waals surface area contributed by atoms with Crippen molar-refractivity contribution >= 4 is 28.0 Å². The fourth-order valence-electron chi connectivity index (χ4n) is 2.43. The largest absolute Gasteiger partial charge is 0.480 e. The van der Waals surface area contributed by atoms with Crippen LogP contribution in [0.25, 0.3) is 6.08 Å². The van der Waals surface area contributed by atoms with Crippen molar-refractivity contribution in [3.8, 4) is 0 Å². The van der Waals surface area contributed by atoms with E-state index in [0.29, 0.717) is 24.9 Å². The van der Waals surface area contributed by atoms with Gasteiger partial charge in [0.2, 0.25) is 9.84 Å². The number of alkyl carbamates (subject to hydrolysis) is 1. The number of nitrogens with two attached hydrogens (primary N) is 1. The minimum Gasteiger partial charge on any atom is -0.480 e. The van der Waals surface area contributed by atoms with E-state index in [-0.39, 0.29) is 16.2 Å². The van der Waals surface area contributed by atoms with Crippen molar-refractivity contribution in [2.45, 2.75) is 30.2 Å². The van der Waals surface area contributed by atoms with Crippen molar-refractivity contribution in [1.29, 1.82) is 0 Å². The van der Waals surface area contributed by atoms with Crippen LogP contribution in [0.15, 0.2) is 34.1 Å². The van der Waals surface area contributed by atoms with Gasteiger partial charge in [-0.3, -0.25) is 0 Å². The fraction of sp³-hybridized carbons (Fsp3) is 0.375. The van der Waals surface area contributed by atoms with E-state index in [1.54, 1.807) is 18.2 Å². The maximum absolute atomic E-state index is 12.3. The summed E-state index contributed by atoms with van der Waals surface area (Å²) in [6.07, 6.45) is 1.86. The van der Waals surface area contributed by atoms with Gasteiger partial charge in [-0.05, 0) is 43.5 Å². The lowest BCUT2D eigenvalue weighted by Crippen LogP contribution is -2.41. The second kappa shape index (κ2) is 8.13. The molecule has 0 radical (unpaired) electrons. The zero-order chi connectivity index (χ0) is 18.4. The predicted octanol–water partition coefficient (Wildman–Crippen LogP) is 1.12. The normalized spacial score (nSPS) is 15.8. The molecule has 25 heavy (non-hydrogen) atoms. The Kier molecular flexibility index (Phi) is 6.16. The average molecular weight is 368 g/mol. The topological polar surface area (TPSA) is 136 Å². The third-order valence-corrected chi connectivity index (χ3v) is 5.63. The molecule has 0 saturated heterocycles. The SMILES string of the molecule is NCCCC[C@H](NC(=O)OCC1=Cc2ccccc2S1(=O)=O)C(=O)O. The number of sulfone groups is 1. The molecule has 0 bridgehead atoms. The molecule has 0 spiro atoms. The van der Waals surface area contributed by atoms with Crippen molar-refractivity contribution in [2.24, 2.45) is 5.73 Å². The van der Waals surface area contributed by atoms with Crippen LogP contribution in [0.5, 0.6) is 0 Å². The molecule has 136 valence electrons. The number of hydrogen-bond donors (Lipinski definition) is 3. The van der Waals surface area contributed by atoms with Crippen molar-refractivity contribution in [2.75, 3.05) is 13.2 Å². The number of carboxylic acid groups (broad SMARTS) is 1. The maximum atomic E-state index is 12.3. The molecule has 0 aliphatic carbocycles. The Balaban J connectivity index is 1.93. The van der Waals surface area contributed by atoms with E-state index >= 15 is 0 Å². The standard InChI is InChI=1S/C16H20N2O6S/c17-8-4-3-6-13(15(19)20)18-16(21)24-10-12-9-11-5-1-2-7-14(11)25(12,22)23/h1-2,5,7,9,13H,3-4,6,8,10,17H2,(H,18,21)(H,19,20)/t13-/m0/s1. The molecule has 0 aromatic heterocycles. The summed E-state index contributed by atoms with van der Waals surface area (Å²) in [6.45, 7) is -0.0264. The highest BCUT2D eigenvalue weighted by Gasteiger charge is 2.30. The van der Waals surface area contributed by atoms with Gasteiger partial charge in [0.15, 0.2) is 0 Å². The van der Waals surface area contributed by atoms with Crippen LogP contribution in [0.1, 0.15) is 24.8 Å². The Morgan fingerprint density at radius 3 is 2.60 bits per heavy atom. The molecule has 4 N–H and O–H groups in total. The summed E-state index contributed by atoms with van der Waals surface area (Å²) in [5.41, 5.74) is 5.88. The predicted molar refractivity (Wildman–Crippen MR) is 90.4 cm³/mol. The fourth-order valence-corrected chi connectivity index (χ4v) is 3.90. The number of nitrogens with one attached hydrogen (secondary N) is 1. The first-order chi connectivity index (χ1) is 11.9. The number of fused-ring (bicyclic) bond motifs is 1. The zero-order valence-corrected chi connectivity index (χ0v) is 14.3. The van der Waals surface area contributed by atoms with Crippen molar-refractivity contribution in [3.63, 3.8) is 0 Å². The van der Waals surface area contributed by atoms with Gasteiger partial charge in [0.1, 0.15) is 12.6 Å². The molecule has 1 heterocycles. The third kappa shape index (κ3) is 4.58. The number of aliphatic carboxylic acids is 1. The number of rotatable bonds is 8. The molecule has 1 aromatic carbocycles. The van der Waals surface area contributed by atoms with E-state index in [9.17, 15) is 18.0 Å². The quantitative estimate of drug-likeness (QED) is 0.585. The lowest BCUT2D eigenvalue weighted by Gasteiger charge is -2.14. The van der Waals surface area contributed by atoms with Crippen LogP contribution >= 0.6 is 0 Å². The van der Waals surface area contributed by atoms with Crippen LogP contribution in [0.3, 0.4) is 0 Å². The van der Waals surface area contributed by atoms with Crippen LogP contribution in [0.2, 0.25) is 0 Å². The average Bonchev–Trinajstić information content (AvgIpc) is 2.83. The zero-order valence-electron chi connectivity index (χ0n) is 13.5. The second-order valence-corrected chi connectivity index (χ2v) is 7.52. The molecule has 2 rings (SSSR count). The minimum absolute atomic E-state index is 0.0427. The van der Waals surface area contributed by atoms with Gasteiger partial charge in [0, 0.05) is 0 Å². The summed E-state index contributed by atoms with van der Waals surface area (Å²) in [5, 5.41) is 11.3. The van der Waals surface area contributed by atoms with E-state index in [1.807, 2.05) is 0 Å². The number of carbonyl (C=O) groups is 2. The lowest BCUT2D eigenvalue weighted by atomic mass is 10.1. The van der Waals surface area contributed by atoms with Gasteiger partial charge in [-0.1, -0.05) is 18.2 Å². The molecule has 1 aliphatic heterocycles. The number of benzene rings is 1. The third-order valence-electron chi connectivity index (χ3n) is 3.75. The first kappa shape index (κ1) is 18.9. The molecular weight excluding hydrogens is 348 g/mol. The van der Waals surface area contributed by atoms with Gasteiger partial charge in [-0.2, -0.15) is 0 Å². The molecule has 0 fully saturated rings. The van der Waals surface area contributed by atoms with E-state index in [4.69, 9.17) is 15.6 Å². The van der Waals surface area contributed by atoms with Crippen LogP contribution in [0.4, 0.5) is 4.79 Å². The van der Waals surface area contributed by atoms with E-state index in [1.165, 1.54) is 12.1 Å². The molecule has 1 aliphatic rings. The Bertz CT molecular complexity index is 788. The van der Waals surface area contributed by atoms with Crippen LogP contribution in [-0.2, 0) is 19.4 Å². The molecular formula is C16H20N2O6S.